The van der Waals surface area contributed by atoms with Crippen molar-refractivity contribution in [3.63, 3.8) is 0 Å². The first-order chi connectivity index (χ1) is 8.58. The molecule has 6 heteroatoms. The fraction of sp³-hybridized carbons (Fsp3) is 0.0833. The normalized spacial score (nSPS) is 10.4. The molecule has 1 heterocycles. The summed E-state index contributed by atoms with van der Waals surface area (Å²) in [5.41, 5.74) is 0.480. The number of ether oxygens (including phenoxy) is 1. The number of halogens is 2. The van der Waals surface area contributed by atoms with Crippen molar-refractivity contribution < 1.29 is 9.53 Å². The van der Waals surface area contributed by atoms with Gasteiger partial charge in [0, 0.05) is 21.1 Å². The Hall–Kier alpha value is -1.10. The molecule has 0 atom stereocenters. The van der Waals surface area contributed by atoms with Gasteiger partial charge in [0.05, 0.1) is 17.7 Å². The maximum Gasteiger partial charge on any atom is 0.339 e. The van der Waals surface area contributed by atoms with Crippen LogP contribution >= 0.6 is 35.0 Å². The second kappa shape index (κ2) is 5.69. The number of benzene rings is 1. The average molecular weight is 302 g/mol. The van der Waals surface area contributed by atoms with Gasteiger partial charge < -0.3 is 9.72 Å². The molecule has 0 aliphatic carbocycles. The molecule has 3 nitrogen and oxygen atoms in total. The fourth-order valence-corrected chi connectivity index (χ4v) is 2.97. The molecule has 2 aromatic rings. The number of methoxy groups -OCH3 is 1. The highest BCUT2D eigenvalue weighted by molar-refractivity contribution is 7.99. The molecule has 0 saturated heterocycles. The molecule has 18 heavy (non-hydrogen) atoms. The van der Waals surface area contributed by atoms with Crippen LogP contribution in [0, 0.1) is 0 Å². The zero-order valence-electron chi connectivity index (χ0n) is 9.37. The Bertz CT molecular complexity index is 563. The number of esters is 1. The van der Waals surface area contributed by atoms with E-state index in [2.05, 4.69) is 9.72 Å². The number of carbonyl (C=O) groups is 1. The van der Waals surface area contributed by atoms with E-state index in [1.165, 1.54) is 18.9 Å². The molecule has 0 amide bonds. The van der Waals surface area contributed by atoms with Gasteiger partial charge in [0.2, 0.25) is 0 Å². The summed E-state index contributed by atoms with van der Waals surface area (Å²) >= 11 is 13.3. The monoisotopic (exact) mass is 301 g/mol. The first kappa shape index (κ1) is 13.3. The second-order valence-corrected chi connectivity index (χ2v) is 5.44. The number of aromatic nitrogens is 1. The van der Waals surface area contributed by atoms with E-state index in [9.17, 15) is 4.79 Å². The summed E-state index contributed by atoms with van der Waals surface area (Å²) in [6.07, 6.45) is 1.60. The largest absolute Gasteiger partial charge is 0.465 e. The zero-order valence-corrected chi connectivity index (χ0v) is 11.7. The SMILES string of the molecule is COC(=O)c1c[nH]c(Sc2cc(Cl)cc(Cl)c2)c1. The van der Waals surface area contributed by atoms with Crippen molar-refractivity contribution in [2.75, 3.05) is 7.11 Å². The van der Waals surface area contributed by atoms with Crippen molar-refractivity contribution in [1.29, 1.82) is 0 Å². The molecule has 0 fully saturated rings. The smallest absolute Gasteiger partial charge is 0.339 e. The Balaban J connectivity index is 2.18. The Morgan fingerprint density at radius 2 is 1.89 bits per heavy atom. The van der Waals surface area contributed by atoms with E-state index in [-0.39, 0.29) is 5.97 Å². The summed E-state index contributed by atoms with van der Waals surface area (Å²) in [7, 11) is 1.35. The zero-order chi connectivity index (χ0) is 13.1. The number of aromatic amines is 1. The lowest BCUT2D eigenvalue weighted by molar-refractivity contribution is 0.0601. The van der Waals surface area contributed by atoms with Gasteiger partial charge >= 0.3 is 5.97 Å². The molecule has 0 unspecified atom stereocenters. The highest BCUT2D eigenvalue weighted by Gasteiger charge is 2.09. The molecule has 0 bridgehead atoms. The molecule has 1 aromatic carbocycles. The highest BCUT2D eigenvalue weighted by atomic mass is 35.5. The molecule has 0 aliphatic heterocycles. The maximum atomic E-state index is 11.3. The van der Waals surface area contributed by atoms with Crippen LogP contribution in [-0.4, -0.2) is 18.1 Å². The summed E-state index contributed by atoms with van der Waals surface area (Å²) in [5.74, 6) is -0.373. The third-order valence-electron chi connectivity index (χ3n) is 2.14. The fourth-order valence-electron chi connectivity index (χ4n) is 1.38. The first-order valence-electron chi connectivity index (χ1n) is 4.99. The predicted octanol–water partition coefficient (Wildman–Crippen LogP) is 4.26. The van der Waals surface area contributed by atoms with Crippen LogP contribution in [0.1, 0.15) is 10.4 Å². The summed E-state index contributed by atoms with van der Waals surface area (Å²) in [6.45, 7) is 0. The molecule has 1 N–H and O–H groups in total. The third-order valence-corrected chi connectivity index (χ3v) is 3.50. The number of hydrogen-bond acceptors (Lipinski definition) is 3. The topological polar surface area (TPSA) is 42.1 Å². The van der Waals surface area contributed by atoms with Crippen LogP contribution in [-0.2, 0) is 4.74 Å². The van der Waals surface area contributed by atoms with Crippen molar-refractivity contribution in [3.8, 4) is 0 Å². The van der Waals surface area contributed by atoms with E-state index in [0.29, 0.717) is 15.6 Å². The van der Waals surface area contributed by atoms with Crippen LogP contribution in [0.15, 0.2) is 40.4 Å². The summed E-state index contributed by atoms with van der Waals surface area (Å²) < 4.78 is 4.63. The van der Waals surface area contributed by atoms with Crippen LogP contribution in [0.3, 0.4) is 0 Å². The molecule has 0 saturated carbocycles. The second-order valence-electron chi connectivity index (χ2n) is 3.45. The van der Waals surface area contributed by atoms with E-state index in [1.54, 1.807) is 30.5 Å². The quantitative estimate of drug-likeness (QED) is 0.861. The van der Waals surface area contributed by atoms with Crippen LogP contribution in [0.25, 0.3) is 0 Å². The lowest BCUT2D eigenvalue weighted by Gasteiger charge is -2.00. The van der Waals surface area contributed by atoms with Gasteiger partial charge in [0.15, 0.2) is 0 Å². The third kappa shape index (κ3) is 3.22. The highest BCUT2D eigenvalue weighted by Crippen LogP contribution is 2.31. The van der Waals surface area contributed by atoms with Crippen LogP contribution in [0.2, 0.25) is 10.0 Å². The van der Waals surface area contributed by atoms with Gasteiger partial charge in [-0.25, -0.2) is 4.79 Å². The summed E-state index contributed by atoms with van der Waals surface area (Å²) in [6, 6.07) is 6.99. The molecular formula is C12H9Cl2NO2S. The minimum atomic E-state index is -0.373. The van der Waals surface area contributed by atoms with E-state index in [4.69, 9.17) is 23.2 Å². The number of hydrogen-bond donors (Lipinski definition) is 1. The molecule has 0 radical (unpaired) electrons. The summed E-state index contributed by atoms with van der Waals surface area (Å²) in [4.78, 5) is 15.2. The molecule has 94 valence electrons. The number of nitrogens with one attached hydrogen (secondary N) is 1. The lowest BCUT2D eigenvalue weighted by atomic mass is 10.3. The minimum absolute atomic E-state index is 0.373. The van der Waals surface area contributed by atoms with E-state index in [0.717, 1.165) is 9.92 Å². The van der Waals surface area contributed by atoms with Gasteiger partial charge in [-0.1, -0.05) is 35.0 Å². The molecule has 1 aromatic heterocycles. The number of carbonyl (C=O) groups excluding carboxylic acids is 1. The van der Waals surface area contributed by atoms with E-state index < -0.39 is 0 Å². The van der Waals surface area contributed by atoms with Crippen molar-refractivity contribution in [2.45, 2.75) is 9.92 Å². The number of rotatable bonds is 3. The van der Waals surface area contributed by atoms with Crippen molar-refractivity contribution in [3.05, 3.63) is 46.1 Å². The standard InChI is InChI=1S/C12H9Cl2NO2S/c1-17-12(16)7-2-11(15-6-7)18-10-4-8(13)3-9(14)5-10/h2-6,15H,1H3. The number of H-pyrrole nitrogens is 1. The first-order valence-corrected chi connectivity index (χ1v) is 6.56. The van der Waals surface area contributed by atoms with Gasteiger partial charge in [-0.3, -0.25) is 0 Å². The van der Waals surface area contributed by atoms with Gasteiger partial charge in [0.25, 0.3) is 0 Å². The van der Waals surface area contributed by atoms with Gasteiger partial charge in [-0.05, 0) is 24.3 Å². The van der Waals surface area contributed by atoms with Gasteiger partial charge in [-0.2, -0.15) is 0 Å². The summed E-state index contributed by atoms with van der Waals surface area (Å²) in [5, 5.41) is 1.96. The molecule has 0 spiro atoms. The minimum Gasteiger partial charge on any atom is -0.465 e. The van der Waals surface area contributed by atoms with Crippen molar-refractivity contribution in [1.82, 2.24) is 4.98 Å². The van der Waals surface area contributed by atoms with Gasteiger partial charge in [-0.15, -0.1) is 0 Å². The van der Waals surface area contributed by atoms with Crippen molar-refractivity contribution >= 4 is 40.9 Å². The Morgan fingerprint density at radius 1 is 1.22 bits per heavy atom. The van der Waals surface area contributed by atoms with Gasteiger partial charge in [0.1, 0.15) is 0 Å². The van der Waals surface area contributed by atoms with E-state index >= 15 is 0 Å². The van der Waals surface area contributed by atoms with Crippen LogP contribution in [0.4, 0.5) is 0 Å². The predicted molar refractivity (Wildman–Crippen MR) is 72.7 cm³/mol. The Labute approximate surface area is 118 Å². The van der Waals surface area contributed by atoms with E-state index in [1.807, 2.05) is 0 Å². The van der Waals surface area contributed by atoms with Crippen LogP contribution < -0.4 is 0 Å². The van der Waals surface area contributed by atoms with Crippen LogP contribution in [0.5, 0.6) is 0 Å². The Kier molecular flexibility index (Phi) is 4.22. The Morgan fingerprint density at radius 3 is 2.50 bits per heavy atom. The maximum absolute atomic E-state index is 11.3. The molecular weight excluding hydrogens is 293 g/mol. The molecule has 2 rings (SSSR count). The molecule has 0 aliphatic rings. The lowest BCUT2D eigenvalue weighted by Crippen LogP contribution is -1.98. The average Bonchev–Trinajstić information content (AvgIpc) is 2.75. The van der Waals surface area contributed by atoms with Crippen molar-refractivity contribution in [2.24, 2.45) is 0 Å².